The Morgan fingerprint density at radius 2 is 1.90 bits per heavy atom. The van der Waals surface area contributed by atoms with E-state index in [-0.39, 0.29) is 5.56 Å². The molecule has 0 saturated carbocycles. The number of carboxylic acid groups (broad SMARTS) is 1. The summed E-state index contributed by atoms with van der Waals surface area (Å²) in [7, 11) is 0. The minimum Gasteiger partial charge on any atom is -0.493 e. The van der Waals surface area contributed by atoms with Crippen molar-refractivity contribution in [2.45, 2.75) is 26.2 Å². The number of benzene rings is 1. The number of hydrogen-bond donors (Lipinski definition) is 1. The van der Waals surface area contributed by atoms with Crippen LogP contribution >= 0.6 is 0 Å². The van der Waals surface area contributed by atoms with Crippen LogP contribution in [0.1, 0.15) is 41.5 Å². The number of carboxylic acids is 1. The highest BCUT2D eigenvalue weighted by atomic mass is 16.5. The van der Waals surface area contributed by atoms with Crippen LogP contribution in [0.4, 0.5) is 0 Å². The lowest BCUT2D eigenvalue weighted by Crippen LogP contribution is -2.08. The third-order valence-corrected chi connectivity index (χ3v) is 3.08. The first-order chi connectivity index (χ1) is 10.1. The van der Waals surface area contributed by atoms with E-state index in [2.05, 4.69) is 29.9 Å². The van der Waals surface area contributed by atoms with Gasteiger partial charge >= 0.3 is 5.97 Å². The molecular weight excluding hydrogens is 268 g/mol. The maximum Gasteiger partial charge on any atom is 0.338 e. The molecule has 21 heavy (non-hydrogen) atoms. The molecule has 5 heteroatoms. The van der Waals surface area contributed by atoms with Crippen LogP contribution in [0.5, 0.6) is 5.75 Å². The summed E-state index contributed by atoms with van der Waals surface area (Å²) in [5.41, 5.74) is 1.25. The summed E-state index contributed by atoms with van der Waals surface area (Å²) in [5, 5.41) is 8.78. The first-order valence-corrected chi connectivity index (χ1v) is 6.84. The van der Waals surface area contributed by atoms with Gasteiger partial charge in [-0.1, -0.05) is 32.0 Å². The Labute approximate surface area is 123 Å². The van der Waals surface area contributed by atoms with Gasteiger partial charge in [0.25, 0.3) is 0 Å². The van der Waals surface area contributed by atoms with Gasteiger partial charge in [-0.3, -0.25) is 0 Å². The molecule has 0 aliphatic heterocycles. The first kappa shape index (κ1) is 15.0. The van der Waals surface area contributed by atoms with Crippen molar-refractivity contribution in [1.29, 1.82) is 0 Å². The summed E-state index contributed by atoms with van der Waals surface area (Å²) in [5.74, 6) is 0.813. The molecule has 0 amide bonds. The molecule has 0 aliphatic rings. The van der Waals surface area contributed by atoms with E-state index in [1.54, 1.807) is 0 Å². The van der Waals surface area contributed by atoms with Crippen LogP contribution in [0, 0.1) is 0 Å². The molecule has 1 aromatic heterocycles. The fourth-order valence-corrected chi connectivity index (χ4v) is 1.94. The largest absolute Gasteiger partial charge is 0.493 e. The Kier molecular flexibility index (Phi) is 4.87. The van der Waals surface area contributed by atoms with Gasteiger partial charge in [-0.05, 0) is 17.5 Å². The molecule has 0 saturated heterocycles. The van der Waals surface area contributed by atoms with Crippen LogP contribution in [0.3, 0.4) is 0 Å². The van der Waals surface area contributed by atoms with Crippen molar-refractivity contribution in [1.82, 2.24) is 9.97 Å². The Bertz CT molecular complexity index is 609. The van der Waals surface area contributed by atoms with E-state index in [1.807, 2.05) is 18.2 Å². The fourth-order valence-electron chi connectivity index (χ4n) is 1.94. The Balaban J connectivity index is 1.94. The van der Waals surface area contributed by atoms with Crippen LogP contribution in [0.25, 0.3) is 0 Å². The number of rotatable bonds is 6. The highest BCUT2D eigenvalue weighted by molar-refractivity contribution is 5.86. The molecule has 0 aliphatic carbocycles. The molecule has 0 bridgehead atoms. The van der Waals surface area contributed by atoms with E-state index in [4.69, 9.17) is 9.84 Å². The minimum atomic E-state index is -1.02. The van der Waals surface area contributed by atoms with E-state index < -0.39 is 5.97 Å². The van der Waals surface area contributed by atoms with Gasteiger partial charge in [0.15, 0.2) is 0 Å². The van der Waals surface area contributed by atoms with Crippen molar-refractivity contribution in [2.75, 3.05) is 6.61 Å². The highest BCUT2D eigenvalue weighted by Crippen LogP contribution is 2.25. The molecule has 1 aromatic carbocycles. The fraction of sp³-hybridized carbons (Fsp3) is 0.312. The first-order valence-electron chi connectivity index (χ1n) is 6.84. The molecule has 2 aromatic rings. The molecule has 5 nitrogen and oxygen atoms in total. The second-order valence-electron chi connectivity index (χ2n) is 4.98. The van der Waals surface area contributed by atoms with E-state index in [1.165, 1.54) is 18.0 Å². The summed E-state index contributed by atoms with van der Waals surface area (Å²) in [6, 6.07) is 7.94. The monoisotopic (exact) mass is 286 g/mol. The van der Waals surface area contributed by atoms with Gasteiger partial charge in [-0.15, -0.1) is 0 Å². The van der Waals surface area contributed by atoms with Crippen molar-refractivity contribution in [2.24, 2.45) is 0 Å². The van der Waals surface area contributed by atoms with E-state index in [0.29, 0.717) is 24.8 Å². The number of ether oxygens (including phenoxy) is 1. The molecule has 2 rings (SSSR count). The summed E-state index contributed by atoms with van der Waals surface area (Å²) in [6.07, 6.45) is 3.16. The van der Waals surface area contributed by atoms with Crippen molar-refractivity contribution in [3.8, 4) is 5.75 Å². The molecule has 1 N–H and O–H groups in total. The Morgan fingerprint density at radius 3 is 2.52 bits per heavy atom. The summed E-state index contributed by atoms with van der Waals surface area (Å²) < 4.78 is 5.78. The van der Waals surface area contributed by atoms with Crippen molar-refractivity contribution >= 4 is 5.97 Å². The second-order valence-corrected chi connectivity index (χ2v) is 4.98. The van der Waals surface area contributed by atoms with E-state index in [9.17, 15) is 4.79 Å². The van der Waals surface area contributed by atoms with Crippen molar-refractivity contribution in [3.63, 3.8) is 0 Å². The second kappa shape index (κ2) is 6.83. The zero-order valence-corrected chi connectivity index (χ0v) is 12.1. The summed E-state index contributed by atoms with van der Waals surface area (Å²) >= 11 is 0. The standard InChI is InChI=1S/C16H18N2O3/c1-11(2)13-5-3-4-6-14(13)21-8-7-15-17-9-12(10-18-15)16(19)20/h3-6,9-11H,7-8H2,1-2H3,(H,19,20). The minimum absolute atomic E-state index is 0.0878. The predicted octanol–water partition coefficient (Wildman–Crippen LogP) is 2.92. The lowest BCUT2D eigenvalue weighted by atomic mass is 10.0. The summed E-state index contributed by atoms with van der Waals surface area (Å²) in [6.45, 7) is 4.70. The number of para-hydroxylation sites is 1. The molecule has 0 radical (unpaired) electrons. The van der Waals surface area contributed by atoms with E-state index >= 15 is 0 Å². The number of hydrogen-bond acceptors (Lipinski definition) is 4. The van der Waals surface area contributed by atoms with Crippen LogP contribution in [0.2, 0.25) is 0 Å². The maximum atomic E-state index is 10.7. The molecule has 0 fully saturated rings. The number of aromatic nitrogens is 2. The predicted molar refractivity (Wildman–Crippen MR) is 78.7 cm³/mol. The smallest absolute Gasteiger partial charge is 0.338 e. The lowest BCUT2D eigenvalue weighted by molar-refractivity contribution is 0.0696. The molecule has 0 unspecified atom stereocenters. The van der Waals surface area contributed by atoms with Gasteiger partial charge in [0.05, 0.1) is 12.2 Å². The number of carbonyl (C=O) groups is 1. The van der Waals surface area contributed by atoms with Gasteiger partial charge in [0, 0.05) is 18.8 Å². The SMILES string of the molecule is CC(C)c1ccccc1OCCc1ncc(C(=O)O)cn1. The normalized spacial score (nSPS) is 10.6. The zero-order valence-electron chi connectivity index (χ0n) is 12.1. The van der Waals surface area contributed by atoms with Crippen LogP contribution in [-0.4, -0.2) is 27.7 Å². The summed E-state index contributed by atoms with van der Waals surface area (Å²) in [4.78, 5) is 18.7. The lowest BCUT2D eigenvalue weighted by Gasteiger charge is -2.13. The van der Waals surface area contributed by atoms with Gasteiger partial charge in [-0.2, -0.15) is 0 Å². The zero-order chi connectivity index (χ0) is 15.2. The van der Waals surface area contributed by atoms with Gasteiger partial charge in [0.2, 0.25) is 0 Å². The van der Waals surface area contributed by atoms with Crippen molar-refractivity contribution < 1.29 is 14.6 Å². The van der Waals surface area contributed by atoms with Gasteiger partial charge in [-0.25, -0.2) is 14.8 Å². The number of nitrogens with zero attached hydrogens (tertiary/aromatic N) is 2. The topological polar surface area (TPSA) is 72.3 Å². The average molecular weight is 286 g/mol. The Morgan fingerprint density at radius 1 is 1.24 bits per heavy atom. The maximum absolute atomic E-state index is 10.7. The quantitative estimate of drug-likeness (QED) is 0.884. The Hall–Kier alpha value is -2.43. The van der Waals surface area contributed by atoms with Crippen LogP contribution in [-0.2, 0) is 6.42 Å². The van der Waals surface area contributed by atoms with Crippen molar-refractivity contribution in [3.05, 3.63) is 53.6 Å². The van der Waals surface area contributed by atoms with Crippen LogP contribution in [0.15, 0.2) is 36.7 Å². The third kappa shape index (κ3) is 4.02. The number of aromatic carboxylic acids is 1. The highest BCUT2D eigenvalue weighted by Gasteiger charge is 2.08. The van der Waals surface area contributed by atoms with Gasteiger partial charge in [0.1, 0.15) is 11.6 Å². The molecule has 1 heterocycles. The molecule has 110 valence electrons. The van der Waals surface area contributed by atoms with E-state index in [0.717, 1.165) is 5.75 Å². The molecule has 0 atom stereocenters. The van der Waals surface area contributed by atoms with Crippen LogP contribution < -0.4 is 4.74 Å². The third-order valence-electron chi connectivity index (χ3n) is 3.08. The molecule has 0 spiro atoms. The molecular formula is C16H18N2O3. The average Bonchev–Trinajstić information content (AvgIpc) is 2.48. The van der Waals surface area contributed by atoms with Gasteiger partial charge < -0.3 is 9.84 Å².